The highest BCUT2D eigenvalue weighted by Gasteiger charge is 2.14. The molecule has 1 rings (SSSR count). The normalized spacial score (nSPS) is 11.3. The molecule has 1 aromatic rings. The molecule has 0 atom stereocenters. The number of methoxy groups -OCH3 is 1. The Labute approximate surface area is 119 Å². The molecule has 0 saturated carbocycles. The molecule has 0 bridgehead atoms. The second-order valence-electron chi connectivity index (χ2n) is 3.43. The maximum Gasteiger partial charge on any atom is 0.314 e. The van der Waals surface area contributed by atoms with Crippen LogP contribution in [-0.2, 0) is 4.74 Å². The van der Waals surface area contributed by atoms with Crippen molar-refractivity contribution in [2.45, 2.75) is 5.03 Å². The monoisotopic (exact) mass is 304 g/mol. The van der Waals surface area contributed by atoms with E-state index in [1.807, 2.05) is 0 Å². The van der Waals surface area contributed by atoms with Crippen LogP contribution in [0.5, 0.6) is 0 Å². The molecule has 10 nitrogen and oxygen atoms in total. The van der Waals surface area contributed by atoms with Crippen LogP contribution in [0, 0.1) is 0 Å². The van der Waals surface area contributed by atoms with E-state index in [2.05, 4.69) is 30.7 Å². The van der Waals surface area contributed by atoms with E-state index in [0.717, 1.165) is 0 Å². The average Bonchev–Trinajstić information content (AvgIpc) is 2.91. The number of carbonyl (C=O) groups excluding carboxylic acids is 1. The quantitative estimate of drug-likeness (QED) is 0.122. The summed E-state index contributed by atoms with van der Waals surface area (Å²) in [6, 6.07) is -0.280. The Morgan fingerprint density at radius 1 is 1.50 bits per heavy atom. The van der Waals surface area contributed by atoms with Crippen molar-refractivity contribution >= 4 is 23.6 Å². The first-order valence-corrected chi connectivity index (χ1v) is 6.61. The van der Waals surface area contributed by atoms with Crippen molar-refractivity contribution in [2.75, 3.05) is 32.6 Å². The Morgan fingerprint density at radius 3 is 2.95 bits per heavy atom. The molecule has 0 aliphatic rings. The van der Waals surface area contributed by atoms with Crippen molar-refractivity contribution in [1.82, 2.24) is 20.9 Å². The molecule has 0 saturated heterocycles. The first-order chi connectivity index (χ1) is 9.69. The summed E-state index contributed by atoms with van der Waals surface area (Å²) < 4.78 is 9.30. The minimum atomic E-state index is -0.280. The van der Waals surface area contributed by atoms with Crippen LogP contribution in [-0.4, -0.2) is 59.9 Å². The van der Waals surface area contributed by atoms with Gasteiger partial charge in [0.2, 0.25) is 0 Å². The molecule has 2 amide bonds. The van der Waals surface area contributed by atoms with E-state index in [1.165, 1.54) is 11.8 Å². The number of carbonyl (C=O) groups is 1. The summed E-state index contributed by atoms with van der Waals surface area (Å²) in [5, 5.41) is 24.2. The van der Waals surface area contributed by atoms with Gasteiger partial charge in [-0.25, -0.2) is 9.42 Å². The molecular weight excluding hydrogens is 288 g/mol. The molecule has 0 aliphatic carbocycles. The minimum absolute atomic E-state index is 0.169. The third-order valence-corrected chi connectivity index (χ3v) is 2.98. The number of ether oxygens (including phenoxy) is 1. The zero-order chi connectivity index (χ0) is 14.8. The molecule has 1 heterocycles. The Kier molecular flexibility index (Phi) is 7.21. The number of thioether (sulfide) groups is 1. The first-order valence-electron chi connectivity index (χ1n) is 5.63. The summed E-state index contributed by atoms with van der Waals surface area (Å²) >= 11 is 1.26. The standard InChI is InChI=1S/C9H16N6O4S/c1-18-4-2-11-9(16)12-3-5-20-8-6(7(10)13-17)14-19-15-8/h17H,2-5H2,1H3,(H2,10,13)(H2,11,12,16). The molecule has 1 aromatic heterocycles. The number of oxime groups is 1. The van der Waals surface area contributed by atoms with Crippen molar-refractivity contribution < 1.29 is 19.4 Å². The lowest BCUT2D eigenvalue weighted by atomic mass is 10.4. The van der Waals surface area contributed by atoms with Crippen molar-refractivity contribution in [1.29, 1.82) is 0 Å². The molecule has 0 aliphatic heterocycles. The fourth-order valence-corrected chi connectivity index (χ4v) is 1.88. The van der Waals surface area contributed by atoms with Gasteiger partial charge in [0, 0.05) is 26.0 Å². The average molecular weight is 304 g/mol. The maximum atomic E-state index is 11.3. The Balaban J connectivity index is 2.25. The summed E-state index contributed by atoms with van der Waals surface area (Å²) in [5.74, 6) is 0.344. The first kappa shape index (κ1) is 16.0. The summed E-state index contributed by atoms with van der Waals surface area (Å²) in [7, 11) is 1.56. The lowest BCUT2D eigenvalue weighted by Gasteiger charge is -2.06. The maximum absolute atomic E-state index is 11.3. The fraction of sp³-hybridized carbons (Fsp3) is 0.556. The van der Waals surface area contributed by atoms with Crippen LogP contribution in [0.25, 0.3) is 0 Å². The van der Waals surface area contributed by atoms with Gasteiger partial charge in [-0.1, -0.05) is 16.9 Å². The number of hydrogen-bond donors (Lipinski definition) is 4. The van der Waals surface area contributed by atoms with Crippen molar-refractivity contribution in [3.63, 3.8) is 0 Å². The summed E-state index contributed by atoms with van der Waals surface area (Å²) in [4.78, 5) is 11.3. The van der Waals surface area contributed by atoms with Crippen molar-refractivity contribution in [2.24, 2.45) is 10.9 Å². The van der Waals surface area contributed by atoms with Gasteiger partial charge in [0.1, 0.15) is 0 Å². The lowest BCUT2D eigenvalue weighted by molar-refractivity contribution is 0.196. The number of amides is 2. The van der Waals surface area contributed by atoms with Gasteiger partial charge in [-0.3, -0.25) is 0 Å². The van der Waals surface area contributed by atoms with Gasteiger partial charge in [0.05, 0.1) is 6.61 Å². The van der Waals surface area contributed by atoms with E-state index >= 15 is 0 Å². The number of rotatable bonds is 8. The minimum Gasteiger partial charge on any atom is -0.409 e. The number of nitrogens with one attached hydrogen (secondary N) is 2. The molecule has 112 valence electrons. The van der Waals surface area contributed by atoms with Crippen LogP contribution < -0.4 is 16.4 Å². The van der Waals surface area contributed by atoms with E-state index < -0.39 is 0 Å². The molecule has 0 unspecified atom stereocenters. The van der Waals surface area contributed by atoms with E-state index in [1.54, 1.807) is 7.11 Å². The highest BCUT2D eigenvalue weighted by molar-refractivity contribution is 7.99. The van der Waals surface area contributed by atoms with Crippen molar-refractivity contribution in [3.05, 3.63) is 5.69 Å². The van der Waals surface area contributed by atoms with Gasteiger partial charge >= 0.3 is 6.03 Å². The summed E-state index contributed by atoms with van der Waals surface area (Å²) in [6.45, 7) is 1.30. The van der Waals surface area contributed by atoms with Gasteiger partial charge < -0.3 is 26.3 Å². The summed E-state index contributed by atoms with van der Waals surface area (Å²) in [5.41, 5.74) is 5.56. The van der Waals surface area contributed by atoms with Gasteiger partial charge in [-0.05, 0) is 10.3 Å². The van der Waals surface area contributed by atoms with Crippen molar-refractivity contribution in [3.8, 4) is 0 Å². The van der Waals surface area contributed by atoms with Crippen LogP contribution in [0.4, 0.5) is 4.79 Å². The number of urea groups is 1. The molecule has 0 radical (unpaired) electrons. The van der Waals surface area contributed by atoms with Crippen LogP contribution in [0.3, 0.4) is 0 Å². The largest absolute Gasteiger partial charge is 0.409 e. The summed E-state index contributed by atoms with van der Waals surface area (Å²) in [6.07, 6.45) is 0. The van der Waals surface area contributed by atoms with E-state index in [-0.39, 0.29) is 17.6 Å². The molecule has 11 heteroatoms. The van der Waals surface area contributed by atoms with E-state index in [4.69, 9.17) is 15.7 Å². The van der Waals surface area contributed by atoms with Crippen LogP contribution >= 0.6 is 11.8 Å². The Bertz CT molecular complexity index is 451. The van der Waals surface area contributed by atoms with Gasteiger partial charge in [0.25, 0.3) is 0 Å². The molecule has 0 spiro atoms. The number of hydrogen-bond acceptors (Lipinski definition) is 8. The third kappa shape index (κ3) is 5.32. The zero-order valence-electron chi connectivity index (χ0n) is 10.8. The SMILES string of the molecule is COCCNC(=O)NCCSc1nonc1/C(N)=N/O. The molecule has 5 N–H and O–H groups in total. The van der Waals surface area contributed by atoms with Gasteiger partial charge in [-0.2, -0.15) is 0 Å². The third-order valence-electron chi connectivity index (χ3n) is 2.03. The number of nitrogens with zero attached hydrogens (tertiary/aromatic N) is 3. The second-order valence-corrected chi connectivity index (χ2v) is 4.51. The highest BCUT2D eigenvalue weighted by atomic mass is 32.2. The number of amidine groups is 1. The predicted octanol–water partition coefficient (Wildman–Crippen LogP) is -0.798. The molecular formula is C9H16N6O4S. The smallest absolute Gasteiger partial charge is 0.314 e. The van der Waals surface area contributed by atoms with Gasteiger partial charge in [-0.15, -0.1) is 0 Å². The highest BCUT2D eigenvalue weighted by Crippen LogP contribution is 2.17. The lowest BCUT2D eigenvalue weighted by Crippen LogP contribution is -2.38. The second kappa shape index (κ2) is 8.98. The zero-order valence-corrected chi connectivity index (χ0v) is 11.6. The Morgan fingerprint density at radius 2 is 2.25 bits per heavy atom. The van der Waals surface area contributed by atoms with E-state index in [9.17, 15) is 4.79 Å². The topological polar surface area (TPSA) is 148 Å². The molecule has 20 heavy (non-hydrogen) atoms. The van der Waals surface area contributed by atoms with Crippen LogP contribution in [0.2, 0.25) is 0 Å². The molecule has 0 aromatic carbocycles. The Hall–Kier alpha value is -2.01. The number of nitrogens with two attached hydrogens (primary N) is 1. The van der Waals surface area contributed by atoms with E-state index in [0.29, 0.717) is 30.5 Å². The predicted molar refractivity (Wildman–Crippen MR) is 70.8 cm³/mol. The van der Waals surface area contributed by atoms with Crippen LogP contribution in [0.15, 0.2) is 14.8 Å². The fourth-order valence-electron chi connectivity index (χ4n) is 1.12. The number of aromatic nitrogens is 2. The van der Waals surface area contributed by atoms with Crippen LogP contribution in [0.1, 0.15) is 5.69 Å². The molecule has 0 fully saturated rings. The van der Waals surface area contributed by atoms with Gasteiger partial charge in [0.15, 0.2) is 16.6 Å².